The van der Waals surface area contributed by atoms with Crippen LogP contribution in [0.5, 0.6) is 0 Å². The molecule has 7 nitrogen and oxygen atoms in total. The fraction of sp³-hybridized carbons (Fsp3) is 0.115. The van der Waals surface area contributed by atoms with E-state index in [0.29, 0.717) is 46.7 Å². The first-order chi connectivity index (χ1) is 15.9. The van der Waals surface area contributed by atoms with Gasteiger partial charge in [-0.25, -0.2) is 4.79 Å². The van der Waals surface area contributed by atoms with Gasteiger partial charge >= 0.3 is 5.97 Å². The summed E-state index contributed by atoms with van der Waals surface area (Å²) in [4.78, 5) is 39.0. The van der Waals surface area contributed by atoms with Gasteiger partial charge in [-0.05, 0) is 59.2 Å². The molecule has 3 aromatic rings. The summed E-state index contributed by atoms with van der Waals surface area (Å²) in [7, 11) is 1.31. The number of hydrogen-bond acceptors (Lipinski definition) is 5. The van der Waals surface area contributed by atoms with Gasteiger partial charge < -0.3 is 20.7 Å². The standard InChI is InChI=1S/C26H23N3O4/c1-16-14-29(25(31)20-12-11-19(13-21(16)20)26(32)33-2)15-17-7-9-18(10-8-17)24(30)28-23-6-4-3-5-22(23)27/h3-13H,1,14-15,27H2,2H3,(H,28,30). The van der Waals surface area contributed by atoms with Gasteiger partial charge in [0.1, 0.15) is 0 Å². The van der Waals surface area contributed by atoms with Crippen LogP contribution in [0.2, 0.25) is 0 Å². The molecule has 0 bridgehead atoms. The van der Waals surface area contributed by atoms with E-state index in [4.69, 9.17) is 10.5 Å². The molecule has 3 N–H and O–H groups in total. The summed E-state index contributed by atoms with van der Waals surface area (Å²) >= 11 is 0. The number of fused-ring (bicyclic) bond motifs is 1. The second-order valence-electron chi connectivity index (χ2n) is 7.76. The Bertz CT molecular complexity index is 1260. The zero-order valence-corrected chi connectivity index (χ0v) is 18.1. The Labute approximate surface area is 191 Å². The average molecular weight is 441 g/mol. The summed E-state index contributed by atoms with van der Waals surface area (Å²) in [6.45, 7) is 4.79. The van der Waals surface area contributed by atoms with E-state index in [-0.39, 0.29) is 11.8 Å². The van der Waals surface area contributed by atoms with Crippen LogP contribution in [0.4, 0.5) is 11.4 Å². The monoisotopic (exact) mass is 441 g/mol. The van der Waals surface area contributed by atoms with E-state index in [2.05, 4.69) is 11.9 Å². The van der Waals surface area contributed by atoms with E-state index < -0.39 is 5.97 Å². The number of ether oxygens (including phenoxy) is 1. The number of esters is 1. The molecule has 2 amide bonds. The van der Waals surface area contributed by atoms with E-state index in [9.17, 15) is 14.4 Å². The maximum absolute atomic E-state index is 13.0. The molecular weight excluding hydrogens is 418 g/mol. The van der Waals surface area contributed by atoms with Crippen molar-refractivity contribution in [2.45, 2.75) is 6.54 Å². The number of hydrogen-bond donors (Lipinski definition) is 2. The molecular formula is C26H23N3O4. The third kappa shape index (κ3) is 4.48. The lowest BCUT2D eigenvalue weighted by Crippen LogP contribution is -2.36. The second-order valence-corrected chi connectivity index (χ2v) is 7.76. The number of para-hydroxylation sites is 2. The Balaban J connectivity index is 1.47. The quantitative estimate of drug-likeness (QED) is 0.461. The van der Waals surface area contributed by atoms with Crippen molar-refractivity contribution in [1.29, 1.82) is 0 Å². The first kappa shape index (κ1) is 21.8. The third-order valence-corrected chi connectivity index (χ3v) is 5.52. The molecule has 0 spiro atoms. The number of nitrogens with zero attached hydrogens (tertiary/aromatic N) is 1. The number of methoxy groups -OCH3 is 1. The van der Waals surface area contributed by atoms with Crippen molar-refractivity contribution in [3.63, 3.8) is 0 Å². The molecule has 0 atom stereocenters. The van der Waals surface area contributed by atoms with Gasteiger partial charge in [0, 0.05) is 24.2 Å². The number of nitrogens with one attached hydrogen (secondary N) is 1. The number of nitrogens with two attached hydrogens (primary N) is 1. The Hall–Kier alpha value is -4.39. The molecule has 4 rings (SSSR count). The lowest BCUT2D eigenvalue weighted by atomic mass is 9.93. The van der Waals surface area contributed by atoms with E-state index in [0.717, 1.165) is 11.1 Å². The molecule has 166 valence electrons. The highest BCUT2D eigenvalue weighted by Gasteiger charge is 2.27. The molecule has 0 aliphatic carbocycles. The minimum absolute atomic E-state index is 0.143. The molecule has 0 aromatic heterocycles. The molecule has 1 heterocycles. The predicted octanol–water partition coefficient (Wildman–Crippen LogP) is 3.98. The maximum Gasteiger partial charge on any atom is 0.337 e. The van der Waals surface area contributed by atoms with Gasteiger partial charge in [0.2, 0.25) is 0 Å². The van der Waals surface area contributed by atoms with E-state index in [1.165, 1.54) is 7.11 Å². The van der Waals surface area contributed by atoms with Gasteiger partial charge in [-0.15, -0.1) is 0 Å². The summed E-state index contributed by atoms with van der Waals surface area (Å²) in [5.41, 5.74) is 10.6. The molecule has 1 aliphatic rings. The minimum Gasteiger partial charge on any atom is -0.465 e. The van der Waals surface area contributed by atoms with Crippen molar-refractivity contribution in [2.75, 3.05) is 24.7 Å². The number of benzene rings is 3. The molecule has 33 heavy (non-hydrogen) atoms. The first-order valence-corrected chi connectivity index (χ1v) is 10.3. The zero-order valence-electron chi connectivity index (χ0n) is 18.1. The molecule has 7 heteroatoms. The predicted molar refractivity (Wildman–Crippen MR) is 127 cm³/mol. The highest BCUT2D eigenvalue weighted by atomic mass is 16.5. The number of anilines is 2. The van der Waals surface area contributed by atoms with Crippen molar-refractivity contribution in [1.82, 2.24) is 4.90 Å². The summed E-state index contributed by atoms with van der Waals surface area (Å²) in [6.07, 6.45) is 0. The van der Waals surface area contributed by atoms with Crippen LogP contribution in [0, 0.1) is 0 Å². The fourth-order valence-corrected chi connectivity index (χ4v) is 3.74. The van der Waals surface area contributed by atoms with E-state index in [1.54, 1.807) is 59.5 Å². The largest absolute Gasteiger partial charge is 0.465 e. The van der Waals surface area contributed by atoms with Crippen LogP contribution >= 0.6 is 0 Å². The SMILES string of the molecule is C=C1CN(Cc2ccc(C(=O)Nc3ccccc3N)cc2)C(=O)c2ccc(C(=O)OC)cc21. The summed E-state index contributed by atoms with van der Waals surface area (Å²) in [6, 6.07) is 19.0. The van der Waals surface area contributed by atoms with Gasteiger partial charge in [-0.3, -0.25) is 9.59 Å². The smallest absolute Gasteiger partial charge is 0.337 e. The van der Waals surface area contributed by atoms with E-state index >= 15 is 0 Å². The highest BCUT2D eigenvalue weighted by Crippen LogP contribution is 2.29. The van der Waals surface area contributed by atoms with Crippen molar-refractivity contribution in [3.05, 3.63) is 101 Å². The van der Waals surface area contributed by atoms with Crippen molar-refractivity contribution in [2.24, 2.45) is 0 Å². The fourth-order valence-electron chi connectivity index (χ4n) is 3.74. The van der Waals surface area contributed by atoms with Gasteiger partial charge in [0.15, 0.2) is 0 Å². The maximum atomic E-state index is 13.0. The van der Waals surface area contributed by atoms with E-state index in [1.807, 2.05) is 12.1 Å². The Kier molecular flexibility index (Phi) is 5.95. The number of nitrogen functional groups attached to an aromatic ring is 1. The molecule has 0 saturated heterocycles. The Morgan fingerprint density at radius 1 is 1.03 bits per heavy atom. The van der Waals surface area contributed by atoms with Crippen molar-refractivity contribution < 1.29 is 19.1 Å². The summed E-state index contributed by atoms with van der Waals surface area (Å²) in [5, 5.41) is 2.79. The van der Waals surface area contributed by atoms with Crippen LogP contribution in [0.25, 0.3) is 5.57 Å². The molecule has 0 fully saturated rings. The third-order valence-electron chi connectivity index (χ3n) is 5.52. The van der Waals surface area contributed by atoms with Gasteiger partial charge in [-0.2, -0.15) is 0 Å². The number of carbonyl (C=O) groups is 3. The first-order valence-electron chi connectivity index (χ1n) is 10.3. The lowest BCUT2D eigenvalue weighted by Gasteiger charge is -2.30. The summed E-state index contributed by atoms with van der Waals surface area (Å²) < 4.78 is 4.76. The van der Waals surface area contributed by atoms with Crippen LogP contribution < -0.4 is 11.1 Å². The lowest BCUT2D eigenvalue weighted by molar-refractivity contribution is 0.0599. The normalized spacial score (nSPS) is 12.8. The van der Waals surface area contributed by atoms with Crippen LogP contribution in [-0.2, 0) is 11.3 Å². The van der Waals surface area contributed by atoms with Gasteiger partial charge in [-0.1, -0.05) is 30.8 Å². The number of carbonyl (C=O) groups excluding carboxylic acids is 3. The van der Waals surface area contributed by atoms with Crippen molar-refractivity contribution >= 4 is 34.7 Å². The number of rotatable bonds is 5. The van der Waals surface area contributed by atoms with Crippen LogP contribution in [-0.4, -0.2) is 36.3 Å². The van der Waals surface area contributed by atoms with Gasteiger partial charge in [0.25, 0.3) is 11.8 Å². The zero-order chi connectivity index (χ0) is 23.5. The highest BCUT2D eigenvalue weighted by molar-refractivity contribution is 6.06. The Morgan fingerprint density at radius 3 is 2.42 bits per heavy atom. The van der Waals surface area contributed by atoms with Crippen LogP contribution in [0.15, 0.2) is 73.3 Å². The second kappa shape index (κ2) is 9.00. The molecule has 0 saturated carbocycles. The topological polar surface area (TPSA) is 102 Å². The van der Waals surface area contributed by atoms with Gasteiger partial charge in [0.05, 0.1) is 24.0 Å². The Morgan fingerprint density at radius 2 is 1.73 bits per heavy atom. The molecule has 3 aromatic carbocycles. The molecule has 0 radical (unpaired) electrons. The van der Waals surface area contributed by atoms with Crippen LogP contribution in [0.3, 0.4) is 0 Å². The number of amides is 2. The average Bonchev–Trinajstić information content (AvgIpc) is 2.83. The molecule has 0 unspecified atom stereocenters. The van der Waals surface area contributed by atoms with Crippen LogP contribution in [0.1, 0.15) is 42.2 Å². The van der Waals surface area contributed by atoms with Crippen molar-refractivity contribution in [3.8, 4) is 0 Å². The summed E-state index contributed by atoms with van der Waals surface area (Å²) in [5.74, 6) is -0.869. The minimum atomic E-state index is -0.459. The molecule has 1 aliphatic heterocycles.